The van der Waals surface area contributed by atoms with Gasteiger partial charge in [-0.2, -0.15) is 0 Å². The summed E-state index contributed by atoms with van der Waals surface area (Å²) in [6, 6.07) is 14.1. The predicted molar refractivity (Wildman–Crippen MR) is 99.3 cm³/mol. The monoisotopic (exact) mass is 354 g/mol. The fourth-order valence-corrected chi connectivity index (χ4v) is 3.55. The first-order chi connectivity index (χ1) is 12.1. The molecule has 0 aliphatic carbocycles. The molecule has 0 unspecified atom stereocenters. The van der Waals surface area contributed by atoms with Crippen LogP contribution in [0.1, 0.15) is 29.3 Å². The first-order valence-electron chi connectivity index (χ1n) is 8.04. The van der Waals surface area contributed by atoms with Crippen LogP contribution in [0.3, 0.4) is 0 Å². The topological polar surface area (TPSA) is 72.2 Å². The summed E-state index contributed by atoms with van der Waals surface area (Å²) in [5.41, 5.74) is 1.93. The third kappa shape index (κ3) is 3.74. The second-order valence-electron chi connectivity index (χ2n) is 5.66. The van der Waals surface area contributed by atoms with E-state index in [1.54, 1.807) is 34.9 Å². The first kappa shape index (κ1) is 17.2. The summed E-state index contributed by atoms with van der Waals surface area (Å²) in [5.74, 6) is -0.318. The number of benzene rings is 2. The molecule has 0 bridgehead atoms. The molecule has 0 fully saturated rings. The summed E-state index contributed by atoms with van der Waals surface area (Å²) in [6.07, 6.45) is 0.848. The second kappa shape index (κ2) is 7.53. The van der Waals surface area contributed by atoms with E-state index in [1.165, 1.54) is 11.8 Å². The third-order valence-corrected chi connectivity index (χ3v) is 4.89. The number of carboxylic acids is 1. The highest BCUT2D eigenvalue weighted by Gasteiger charge is 2.11. The van der Waals surface area contributed by atoms with Crippen LogP contribution in [-0.2, 0) is 12.3 Å². The molecule has 1 heterocycles. The highest BCUT2D eigenvalue weighted by atomic mass is 32.2. The van der Waals surface area contributed by atoms with Crippen molar-refractivity contribution < 1.29 is 9.90 Å². The molecule has 0 atom stereocenters. The zero-order valence-electron chi connectivity index (χ0n) is 13.8. The zero-order chi connectivity index (χ0) is 17.8. The van der Waals surface area contributed by atoms with Crippen LogP contribution in [0.15, 0.2) is 58.5 Å². The van der Waals surface area contributed by atoms with E-state index < -0.39 is 5.97 Å². The summed E-state index contributed by atoms with van der Waals surface area (Å²) in [7, 11) is 0. The number of fused-ring (bicyclic) bond motifs is 1. The molecule has 0 aliphatic rings. The Morgan fingerprint density at radius 3 is 2.56 bits per heavy atom. The van der Waals surface area contributed by atoms with E-state index >= 15 is 0 Å². The molecule has 1 aromatic heterocycles. The average Bonchev–Trinajstić information content (AvgIpc) is 2.63. The lowest BCUT2D eigenvalue weighted by molar-refractivity contribution is 0.0697. The number of hydrogen-bond donors (Lipinski definition) is 1. The van der Waals surface area contributed by atoms with Gasteiger partial charge in [-0.1, -0.05) is 43.0 Å². The third-order valence-electron chi connectivity index (χ3n) is 3.84. The minimum Gasteiger partial charge on any atom is -0.478 e. The maximum absolute atomic E-state index is 12.7. The van der Waals surface area contributed by atoms with Crippen LogP contribution in [0.2, 0.25) is 0 Å². The van der Waals surface area contributed by atoms with E-state index in [-0.39, 0.29) is 11.1 Å². The van der Waals surface area contributed by atoms with Gasteiger partial charge in [0.05, 0.1) is 16.5 Å². The molecule has 0 saturated heterocycles. The van der Waals surface area contributed by atoms with Crippen LogP contribution >= 0.6 is 11.8 Å². The van der Waals surface area contributed by atoms with Gasteiger partial charge in [0.2, 0.25) is 0 Å². The first-order valence-corrected chi connectivity index (χ1v) is 9.03. The van der Waals surface area contributed by atoms with Gasteiger partial charge in [-0.05, 0) is 36.2 Å². The summed E-state index contributed by atoms with van der Waals surface area (Å²) >= 11 is 1.49. The summed E-state index contributed by atoms with van der Waals surface area (Å²) in [5, 5.41) is 10.3. The van der Waals surface area contributed by atoms with Crippen LogP contribution in [0.4, 0.5) is 0 Å². The van der Waals surface area contributed by atoms with Crippen molar-refractivity contribution in [2.45, 2.75) is 30.8 Å². The molecule has 0 aliphatic heterocycles. The van der Waals surface area contributed by atoms with Crippen molar-refractivity contribution in [3.8, 4) is 0 Å². The number of carbonyl (C=O) groups is 1. The fourth-order valence-electron chi connectivity index (χ4n) is 2.57. The van der Waals surface area contributed by atoms with Gasteiger partial charge in [0.15, 0.2) is 5.16 Å². The van der Waals surface area contributed by atoms with Gasteiger partial charge in [0.25, 0.3) is 5.56 Å². The number of aromatic nitrogens is 2. The largest absolute Gasteiger partial charge is 0.478 e. The molecule has 6 heteroatoms. The Kier molecular flexibility index (Phi) is 5.19. The summed E-state index contributed by atoms with van der Waals surface area (Å²) < 4.78 is 1.72. The van der Waals surface area contributed by atoms with E-state index in [2.05, 4.69) is 4.98 Å². The lowest BCUT2D eigenvalue weighted by atomic mass is 10.1. The molecule has 3 aromatic rings. The van der Waals surface area contributed by atoms with Crippen molar-refractivity contribution >= 4 is 28.6 Å². The van der Waals surface area contributed by atoms with Gasteiger partial charge in [0.1, 0.15) is 0 Å². The highest BCUT2D eigenvalue weighted by molar-refractivity contribution is 7.98. The van der Waals surface area contributed by atoms with Gasteiger partial charge in [-0.25, -0.2) is 9.78 Å². The van der Waals surface area contributed by atoms with E-state index in [0.717, 1.165) is 12.0 Å². The number of aromatic carboxylic acids is 1. The number of rotatable bonds is 6. The van der Waals surface area contributed by atoms with Crippen LogP contribution in [0.25, 0.3) is 10.9 Å². The van der Waals surface area contributed by atoms with Crippen molar-refractivity contribution in [3.05, 3.63) is 70.0 Å². The fraction of sp³-hybridized carbons (Fsp3) is 0.211. The maximum atomic E-state index is 12.7. The van der Waals surface area contributed by atoms with Crippen LogP contribution < -0.4 is 5.56 Å². The van der Waals surface area contributed by atoms with Crippen molar-refractivity contribution in [2.75, 3.05) is 0 Å². The van der Waals surface area contributed by atoms with Crippen LogP contribution in [0, 0.1) is 0 Å². The normalized spacial score (nSPS) is 10.9. The highest BCUT2D eigenvalue weighted by Crippen LogP contribution is 2.22. The summed E-state index contributed by atoms with van der Waals surface area (Å²) in [4.78, 5) is 28.3. The Hall–Kier alpha value is -2.60. The van der Waals surface area contributed by atoms with Gasteiger partial charge >= 0.3 is 5.97 Å². The van der Waals surface area contributed by atoms with Crippen molar-refractivity contribution in [1.82, 2.24) is 9.55 Å². The van der Waals surface area contributed by atoms with Gasteiger partial charge in [-0.3, -0.25) is 9.36 Å². The van der Waals surface area contributed by atoms with Crippen molar-refractivity contribution in [3.63, 3.8) is 0 Å². The molecule has 0 saturated carbocycles. The van der Waals surface area contributed by atoms with Crippen LogP contribution in [-0.4, -0.2) is 20.6 Å². The van der Waals surface area contributed by atoms with Gasteiger partial charge in [-0.15, -0.1) is 0 Å². The van der Waals surface area contributed by atoms with Gasteiger partial charge in [0, 0.05) is 12.3 Å². The van der Waals surface area contributed by atoms with Crippen LogP contribution in [0.5, 0.6) is 0 Å². The maximum Gasteiger partial charge on any atom is 0.335 e. The molecule has 5 nitrogen and oxygen atoms in total. The SMILES string of the molecule is CCCn1c(SCc2ccc(C(=O)O)cc2)nc2ccccc2c1=O. The van der Waals surface area contributed by atoms with Gasteiger partial charge < -0.3 is 5.11 Å². The lowest BCUT2D eigenvalue weighted by Gasteiger charge is -2.12. The Balaban J connectivity index is 1.90. The Morgan fingerprint density at radius 2 is 1.88 bits per heavy atom. The van der Waals surface area contributed by atoms with E-state index in [9.17, 15) is 9.59 Å². The smallest absolute Gasteiger partial charge is 0.335 e. The molecule has 128 valence electrons. The molecule has 0 radical (unpaired) electrons. The minimum absolute atomic E-state index is 0.0174. The van der Waals surface area contributed by atoms with E-state index in [4.69, 9.17) is 5.11 Å². The molecule has 1 N–H and O–H groups in total. The number of para-hydroxylation sites is 1. The number of nitrogens with zero attached hydrogens (tertiary/aromatic N) is 2. The quantitative estimate of drug-likeness (QED) is 0.538. The predicted octanol–water partition coefficient (Wildman–Crippen LogP) is 3.80. The van der Waals surface area contributed by atoms with Crippen molar-refractivity contribution in [2.24, 2.45) is 0 Å². The number of carboxylic acid groups (broad SMARTS) is 1. The molecular formula is C19H18N2O3S. The molecule has 2 aromatic carbocycles. The summed E-state index contributed by atoms with van der Waals surface area (Å²) in [6.45, 7) is 2.65. The standard InChI is InChI=1S/C19H18N2O3S/c1-2-11-21-17(22)15-5-3-4-6-16(15)20-19(21)25-12-13-7-9-14(10-8-13)18(23)24/h3-10H,2,11-12H2,1H3,(H,23,24). The second-order valence-corrected chi connectivity index (χ2v) is 6.60. The molecule has 0 spiro atoms. The Bertz CT molecular complexity index is 965. The number of hydrogen-bond acceptors (Lipinski definition) is 4. The molecule has 0 amide bonds. The lowest BCUT2D eigenvalue weighted by Crippen LogP contribution is -2.23. The zero-order valence-corrected chi connectivity index (χ0v) is 14.6. The molecule has 25 heavy (non-hydrogen) atoms. The Labute approximate surface area is 149 Å². The van der Waals surface area contributed by atoms with Crippen molar-refractivity contribution in [1.29, 1.82) is 0 Å². The average molecular weight is 354 g/mol. The Morgan fingerprint density at radius 1 is 1.16 bits per heavy atom. The van der Waals surface area contributed by atoms with E-state index in [1.807, 2.05) is 25.1 Å². The number of thioether (sulfide) groups is 1. The molecular weight excluding hydrogens is 336 g/mol. The van der Waals surface area contributed by atoms with E-state index in [0.29, 0.717) is 28.4 Å². The minimum atomic E-state index is -0.938. The molecule has 3 rings (SSSR count).